The molecule has 0 heterocycles. The zero-order chi connectivity index (χ0) is 21.6. The van der Waals surface area contributed by atoms with Crippen LogP contribution in [0.25, 0.3) is 0 Å². The fourth-order valence-electron chi connectivity index (χ4n) is 2.90. The Morgan fingerprint density at radius 3 is 2.33 bits per heavy atom. The third kappa shape index (κ3) is 5.78. The van der Waals surface area contributed by atoms with Gasteiger partial charge in [-0.2, -0.15) is 5.10 Å². The van der Waals surface area contributed by atoms with Crippen molar-refractivity contribution in [2.24, 2.45) is 5.10 Å². The van der Waals surface area contributed by atoms with Crippen LogP contribution in [0, 0.1) is 6.92 Å². The lowest BCUT2D eigenvalue weighted by molar-refractivity contribution is 0.0955. The van der Waals surface area contributed by atoms with Gasteiger partial charge in [-0.1, -0.05) is 60.2 Å². The topological polar surface area (TPSA) is 78.8 Å². The number of hydrogen-bond donors (Lipinski definition) is 1. The normalized spacial score (nSPS) is 11.4. The molecule has 0 aromatic heterocycles. The summed E-state index contributed by atoms with van der Waals surface area (Å²) in [5.41, 5.74) is 6.30. The number of carbonyl (C=O) groups excluding carboxylic acids is 1. The predicted octanol–water partition coefficient (Wildman–Crippen LogP) is 3.73. The van der Waals surface area contributed by atoms with E-state index in [-0.39, 0.29) is 12.5 Å². The molecule has 0 spiro atoms. The van der Waals surface area contributed by atoms with Crippen LogP contribution in [0.5, 0.6) is 0 Å². The summed E-state index contributed by atoms with van der Waals surface area (Å²) >= 11 is 0. The van der Waals surface area contributed by atoms with Crippen LogP contribution in [-0.2, 0) is 16.6 Å². The number of anilines is 1. The highest BCUT2D eigenvalue weighted by molar-refractivity contribution is 7.92. The van der Waals surface area contributed by atoms with Gasteiger partial charge < -0.3 is 0 Å². The number of para-hydroxylation sites is 1. The first-order valence-corrected chi connectivity index (χ1v) is 11.2. The van der Waals surface area contributed by atoms with E-state index in [0.717, 1.165) is 16.7 Å². The van der Waals surface area contributed by atoms with Gasteiger partial charge in [-0.3, -0.25) is 9.10 Å². The second-order valence-corrected chi connectivity index (χ2v) is 8.82. The fraction of sp³-hybridized carbons (Fsp3) is 0.130. The van der Waals surface area contributed by atoms with Crippen molar-refractivity contribution in [3.8, 4) is 0 Å². The van der Waals surface area contributed by atoms with Crippen molar-refractivity contribution in [3.63, 3.8) is 0 Å². The van der Waals surface area contributed by atoms with Crippen LogP contribution < -0.4 is 9.73 Å². The van der Waals surface area contributed by atoms with Gasteiger partial charge in [-0.15, -0.1) is 0 Å². The van der Waals surface area contributed by atoms with Crippen molar-refractivity contribution in [2.75, 3.05) is 10.6 Å². The number of hydrogen-bond acceptors (Lipinski definition) is 4. The minimum Gasteiger partial charge on any atom is -0.267 e. The summed E-state index contributed by atoms with van der Waals surface area (Å²) in [4.78, 5) is 12.3. The third-order valence-electron chi connectivity index (χ3n) is 4.41. The number of benzene rings is 3. The van der Waals surface area contributed by atoms with Crippen molar-refractivity contribution >= 4 is 27.8 Å². The number of hydrazone groups is 1. The lowest BCUT2D eigenvalue weighted by atomic mass is 10.1. The standard InChI is InChI=1S/C23H23N3O3S/c1-18-7-6-8-20(15-18)16-24-25-23(27)21-13-11-19(12-14-21)17-26(30(2,28)29)22-9-4-3-5-10-22/h3-16H,17H2,1-2H3,(H,25,27)/b24-16-. The summed E-state index contributed by atoms with van der Waals surface area (Å²) in [6.45, 7) is 2.16. The van der Waals surface area contributed by atoms with E-state index in [1.807, 2.05) is 37.3 Å². The molecule has 0 aliphatic rings. The molecule has 0 bridgehead atoms. The highest BCUT2D eigenvalue weighted by Gasteiger charge is 2.17. The van der Waals surface area contributed by atoms with E-state index in [9.17, 15) is 13.2 Å². The molecule has 1 amide bonds. The Morgan fingerprint density at radius 1 is 1.00 bits per heavy atom. The minimum atomic E-state index is -3.45. The second-order valence-electron chi connectivity index (χ2n) is 6.92. The summed E-state index contributed by atoms with van der Waals surface area (Å²) in [6.07, 6.45) is 2.76. The van der Waals surface area contributed by atoms with Crippen molar-refractivity contribution in [1.29, 1.82) is 0 Å². The number of nitrogens with one attached hydrogen (secondary N) is 1. The van der Waals surface area contributed by atoms with Crippen LogP contribution in [0.2, 0.25) is 0 Å². The SMILES string of the molecule is Cc1cccc(/C=N\NC(=O)c2ccc(CN(c3ccccc3)S(C)(=O)=O)cc2)c1. The number of aryl methyl sites for hydroxylation is 1. The van der Waals surface area contributed by atoms with Gasteiger partial charge in [0.1, 0.15) is 0 Å². The molecule has 7 heteroatoms. The summed E-state index contributed by atoms with van der Waals surface area (Å²) < 4.78 is 25.8. The number of rotatable bonds is 7. The third-order valence-corrected chi connectivity index (χ3v) is 5.55. The van der Waals surface area contributed by atoms with E-state index >= 15 is 0 Å². The maximum Gasteiger partial charge on any atom is 0.271 e. The van der Waals surface area contributed by atoms with Gasteiger partial charge in [-0.25, -0.2) is 13.8 Å². The lowest BCUT2D eigenvalue weighted by Gasteiger charge is -2.22. The molecule has 0 atom stereocenters. The maximum absolute atomic E-state index is 12.3. The molecule has 0 aliphatic heterocycles. The number of amides is 1. The molecule has 0 unspecified atom stereocenters. The Kier molecular flexibility index (Phi) is 6.64. The van der Waals surface area contributed by atoms with Gasteiger partial charge in [0.15, 0.2) is 0 Å². The molecule has 30 heavy (non-hydrogen) atoms. The van der Waals surface area contributed by atoms with Crippen LogP contribution in [0.4, 0.5) is 5.69 Å². The molecule has 3 rings (SSSR count). The number of sulfonamides is 1. The Balaban J connectivity index is 1.67. The van der Waals surface area contributed by atoms with E-state index in [0.29, 0.717) is 11.3 Å². The summed E-state index contributed by atoms with van der Waals surface area (Å²) in [5.74, 6) is -0.339. The Bertz CT molecular complexity index is 1140. The Labute approximate surface area is 176 Å². The molecule has 3 aromatic carbocycles. The van der Waals surface area contributed by atoms with Gasteiger partial charge in [0.05, 0.1) is 24.7 Å². The highest BCUT2D eigenvalue weighted by Crippen LogP contribution is 2.20. The van der Waals surface area contributed by atoms with Gasteiger partial charge >= 0.3 is 0 Å². The van der Waals surface area contributed by atoms with Crippen LogP contribution in [-0.4, -0.2) is 26.8 Å². The average Bonchev–Trinajstić information content (AvgIpc) is 2.72. The molecule has 154 valence electrons. The van der Waals surface area contributed by atoms with Crippen LogP contribution >= 0.6 is 0 Å². The molecule has 0 saturated heterocycles. The molecule has 0 fully saturated rings. The van der Waals surface area contributed by atoms with Crippen molar-refractivity contribution < 1.29 is 13.2 Å². The fourth-order valence-corrected chi connectivity index (χ4v) is 3.79. The van der Waals surface area contributed by atoms with E-state index in [1.54, 1.807) is 54.7 Å². The monoisotopic (exact) mass is 421 g/mol. The zero-order valence-electron chi connectivity index (χ0n) is 16.8. The predicted molar refractivity (Wildman–Crippen MR) is 120 cm³/mol. The van der Waals surface area contributed by atoms with Crippen LogP contribution in [0.1, 0.15) is 27.0 Å². The summed E-state index contributed by atoms with van der Waals surface area (Å²) in [5, 5.41) is 3.99. The van der Waals surface area contributed by atoms with Gasteiger partial charge in [-0.05, 0) is 42.3 Å². The first-order valence-electron chi connectivity index (χ1n) is 9.35. The number of nitrogens with zero attached hydrogens (tertiary/aromatic N) is 2. The van der Waals surface area contributed by atoms with E-state index < -0.39 is 10.0 Å². The van der Waals surface area contributed by atoms with Crippen molar-refractivity contribution in [1.82, 2.24) is 5.43 Å². The smallest absolute Gasteiger partial charge is 0.267 e. The lowest BCUT2D eigenvalue weighted by Crippen LogP contribution is -2.29. The van der Waals surface area contributed by atoms with Crippen molar-refractivity contribution in [2.45, 2.75) is 13.5 Å². The van der Waals surface area contributed by atoms with E-state index in [2.05, 4.69) is 10.5 Å². The van der Waals surface area contributed by atoms with Crippen LogP contribution in [0.3, 0.4) is 0 Å². The minimum absolute atomic E-state index is 0.177. The Hall–Kier alpha value is -3.45. The van der Waals surface area contributed by atoms with E-state index in [4.69, 9.17) is 0 Å². The summed E-state index contributed by atoms with van der Waals surface area (Å²) in [6, 6.07) is 23.5. The Morgan fingerprint density at radius 2 is 1.70 bits per heavy atom. The molecular weight excluding hydrogens is 398 g/mol. The first-order chi connectivity index (χ1) is 14.3. The molecule has 0 radical (unpaired) electrons. The van der Waals surface area contributed by atoms with E-state index in [1.165, 1.54) is 10.6 Å². The van der Waals surface area contributed by atoms with Gasteiger partial charge in [0, 0.05) is 5.56 Å². The maximum atomic E-state index is 12.3. The highest BCUT2D eigenvalue weighted by atomic mass is 32.2. The average molecular weight is 422 g/mol. The molecule has 3 aromatic rings. The van der Waals surface area contributed by atoms with Crippen molar-refractivity contribution in [3.05, 3.63) is 101 Å². The molecule has 6 nitrogen and oxygen atoms in total. The zero-order valence-corrected chi connectivity index (χ0v) is 17.6. The molecular formula is C23H23N3O3S. The number of carbonyl (C=O) groups is 1. The second kappa shape index (κ2) is 9.37. The molecule has 1 N–H and O–H groups in total. The quantitative estimate of drug-likeness (QED) is 0.466. The van der Waals surface area contributed by atoms with Gasteiger partial charge in [0.25, 0.3) is 5.91 Å². The molecule has 0 aliphatic carbocycles. The first kappa shape index (κ1) is 21.3. The summed E-state index contributed by atoms with van der Waals surface area (Å²) in [7, 11) is -3.45. The molecule has 0 saturated carbocycles. The van der Waals surface area contributed by atoms with Gasteiger partial charge in [0.2, 0.25) is 10.0 Å². The van der Waals surface area contributed by atoms with Crippen LogP contribution in [0.15, 0.2) is 84.0 Å². The largest absolute Gasteiger partial charge is 0.271 e.